The minimum Gasteiger partial charge on any atom is -0.365 e. The summed E-state index contributed by atoms with van der Waals surface area (Å²) in [6, 6.07) is 10.6. The zero-order valence-corrected chi connectivity index (χ0v) is 14.4. The third-order valence-corrected chi connectivity index (χ3v) is 4.43. The molecule has 3 aromatic rings. The molecule has 0 bridgehead atoms. The lowest BCUT2D eigenvalue weighted by Gasteiger charge is -2.24. The van der Waals surface area contributed by atoms with Crippen LogP contribution in [0.2, 0.25) is 0 Å². The van der Waals surface area contributed by atoms with E-state index in [9.17, 15) is 13.6 Å². The summed E-state index contributed by atoms with van der Waals surface area (Å²) in [5.41, 5.74) is 2.25. The Hall–Kier alpha value is -3.13. The molecule has 1 atom stereocenters. The van der Waals surface area contributed by atoms with E-state index in [1.54, 1.807) is 29.8 Å². The molecule has 0 saturated carbocycles. The fourth-order valence-corrected chi connectivity index (χ4v) is 2.97. The third kappa shape index (κ3) is 3.43. The van der Waals surface area contributed by atoms with Crippen molar-refractivity contribution in [2.24, 2.45) is 0 Å². The molecule has 6 nitrogen and oxygen atoms in total. The van der Waals surface area contributed by atoms with Crippen LogP contribution in [0.1, 0.15) is 33.4 Å². The van der Waals surface area contributed by atoms with Gasteiger partial charge in [-0.3, -0.25) is 4.79 Å². The molecular weight excluding hydrogens is 354 g/mol. The van der Waals surface area contributed by atoms with E-state index in [1.165, 1.54) is 24.3 Å². The van der Waals surface area contributed by atoms with Crippen LogP contribution >= 0.6 is 0 Å². The van der Waals surface area contributed by atoms with Gasteiger partial charge < -0.3 is 10.1 Å². The second kappa shape index (κ2) is 6.88. The van der Waals surface area contributed by atoms with Gasteiger partial charge in [-0.2, -0.15) is 0 Å². The number of aryl methyl sites for hydroxylation is 1. The maximum Gasteiger partial charge on any atom is 0.278 e. The first kappa shape index (κ1) is 17.3. The maximum atomic E-state index is 14.0. The minimum absolute atomic E-state index is 0.0771. The Kier molecular flexibility index (Phi) is 4.41. The number of nitrogens with zero attached hydrogens (tertiary/aromatic N) is 3. The smallest absolute Gasteiger partial charge is 0.278 e. The summed E-state index contributed by atoms with van der Waals surface area (Å²) < 4.78 is 34.4. The van der Waals surface area contributed by atoms with Crippen LogP contribution in [0.3, 0.4) is 0 Å². The number of carbonyl (C=O) groups excluding carboxylic acids is 1. The van der Waals surface area contributed by atoms with E-state index in [0.29, 0.717) is 12.2 Å². The summed E-state index contributed by atoms with van der Waals surface area (Å²) >= 11 is 0. The zero-order valence-electron chi connectivity index (χ0n) is 14.4. The molecule has 2 heterocycles. The zero-order chi connectivity index (χ0) is 19.0. The molecule has 1 aromatic heterocycles. The van der Waals surface area contributed by atoms with Crippen molar-refractivity contribution in [2.75, 3.05) is 5.32 Å². The molecule has 8 heteroatoms. The van der Waals surface area contributed by atoms with E-state index in [-0.39, 0.29) is 29.9 Å². The van der Waals surface area contributed by atoms with Crippen LogP contribution in [0, 0.1) is 18.6 Å². The number of hydrogen-bond donors (Lipinski definition) is 1. The number of aromatic nitrogens is 3. The molecular formula is C19H16F2N4O2. The quantitative estimate of drug-likeness (QED) is 0.767. The van der Waals surface area contributed by atoms with Gasteiger partial charge >= 0.3 is 0 Å². The molecule has 27 heavy (non-hydrogen) atoms. The van der Waals surface area contributed by atoms with Crippen LogP contribution in [-0.4, -0.2) is 20.9 Å². The van der Waals surface area contributed by atoms with Gasteiger partial charge in [0.25, 0.3) is 5.91 Å². The molecule has 1 unspecified atom stereocenters. The molecule has 1 aliphatic rings. The van der Waals surface area contributed by atoms with Crippen molar-refractivity contribution in [3.63, 3.8) is 0 Å². The molecule has 0 fully saturated rings. The average molecular weight is 370 g/mol. The van der Waals surface area contributed by atoms with Crippen molar-refractivity contribution < 1.29 is 18.3 Å². The molecule has 138 valence electrons. The van der Waals surface area contributed by atoms with Crippen molar-refractivity contribution >= 4 is 11.6 Å². The lowest BCUT2D eigenvalue weighted by Crippen LogP contribution is -2.24. The van der Waals surface area contributed by atoms with E-state index in [0.717, 1.165) is 11.1 Å². The van der Waals surface area contributed by atoms with Gasteiger partial charge in [0, 0.05) is 0 Å². The molecule has 0 aliphatic carbocycles. The Balaban J connectivity index is 1.52. The Morgan fingerprint density at radius 3 is 2.74 bits per heavy atom. The molecule has 1 aliphatic heterocycles. The van der Waals surface area contributed by atoms with Gasteiger partial charge in [-0.15, -0.1) is 5.10 Å². The van der Waals surface area contributed by atoms with Gasteiger partial charge in [0.05, 0.1) is 24.5 Å². The number of anilines is 1. The summed E-state index contributed by atoms with van der Waals surface area (Å²) in [5.74, 6) is -1.39. The number of ether oxygens (including phenoxy) is 1. The second-order valence-electron chi connectivity index (χ2n) is 6.36. The number of rotatable bonds is 3. The third-order valence-electron chi connectivity index (χ3n) is 4.43. The van der Waals surface area contributed by atoms with E-state index in [2.05, 4.69) is 15.6 Å². The first-order chi connectivity index (χ1) is 13.0. The molecule has 0 spiro atoms. The highest BCUT2D eigenvalue weighted by atomic mass is 19.1. The number of halogens is 2. The van der Waals surface area contributed by atoms with Crippen molar-refractivity contribution in [1.29, 1.82) is 0 Å². The largest absolute Gasteiger partial charge is 0.365 e. The number of benzene rings is 2. The molecule has 4 rings (SSSR count). The highest BCUT2D eigenvalue weighted by molar-refractivity contribution is 6.03. The SMILES string of the molecule is Cc1ccc(NC(=O)c2nnn3c2COC(c2ccc(F)cc2)C3)c(F)c1. The number of carbonyl (C=O) groups is 1. The van der Waals surface area contributed by atoms with E-state index >= 15 is 0 Å². The highest BCUT2D eigenvalue weighted by Gasteiger charge is 2.28. The van der Waals surface area contributed by atoms with Crippen molar-refractivity contribution in [3.8, 4) is 0 Å². The highest BCUT2D eigenvalue weighted by Crippen LogP contribution is 2.27. The van der Waals surface area contributed by atoms with Crippen LogP contribution in [0.15, 0.2) is 42.5 Å². The standard InChI is InChI=1S/C19H16F2N4O2/c1-11-2-7-15(14(21)8-11)22-19(26)18-16-10-27-17(9-25(16)24-23-18)12-3-5-13(20)6-4-12/h2-8,17H,9-10H2,1H3,(H,22,26). The van der Waals surface area contributed by atoms with Crippen LogP contribution in [0.4, 0.5) is 14.5 Å². The number of hydrogen-bond acceptors (Lipinski definition) is 4. The van der Waals surface area contributed by atoms with Crippen molar-refractivity contribution in [1.82, 2.24) is 15.0 Å². The fourth-order valence-electron chi connectivity index (χ4n) is 2.97. The molecule has 1 amide bonds. The van der Waals surface area contributed by atoms with Gasteiger partial charge in [0.15, 0.2) is 5.69 Å². The van der Waals surface area contributed by atoms with Gasteiger partial charge in [0.2, 0.25) is 0 Å². The number of amides is 1. The first-order valence-corrected chi connectivity index (χ1v) is 8.38. The lowest BCUT2D eigenvalue weighted by atomic mass is 10.1. The Bertz CT molecular complexity index is 1000. The van der Waals surface area contributed by atoms with E-state index in [1.807, 2.05) is 0 Å². The van der Waals surface area contributed by atoms with Crippen LogP contribution in [0.5, 0.6) is 0 Å². The van der Waals surface area contributed by atoms with Crippen LogP contribution < -0.4 is 5.32 Å². The summed E-state index contributed by atoms with van der Waals surface area (Å²) in [5, 5.41) is 10.4. The van der Waals surface area contributed by atoms with E-state index < -0.39 is 11.7 Å². The number of fused-ring (bicyclic) bond motifs is 1. The monoisotopic (exact) mass is 370 g/mol. The topological polar surface area (TPSA) is 69.0 Å². The average Bonchev–Trinajstić information content (AvgIpc) is 3.08. The van der Waals surface area contributed by atoms with E-state index in [4.69, 9.17) is 4.74 Å². The molecule has 0 radical (unpaired) electrons. The Morgan fingerprint density at radius 1 is 1.22 bits per heavy atom. The summed E-state index contributed by atoms with van der Waals surface area (Å²) in [6.07, 6.45) is -0.315. The molecule has 2 aromatic carbocycles. The summed E-state index contributed by atoms with van der Waals surface area (Å²) in [4.78, 5) is 12.5. The fraction of sp³-hybridized carbons (Fsp3) is 0.211. The van der Waals surface area contributed by atoms with Gasteiger partial charge in [-0.25, -0.2) is 13.5 Å². The molecule has 1 N–H and O–H groups in total. The minimum atomic E-state index is -0.553. The first-order valence-electron chi connectivity index (χ1n) is 8.38. The second-order valence-corrected chi connectivity index (χ2v) is 6.36. The van der Waals surface area contributed by atoms with Gasteiger partial charge in [-0.1, -0.05) is 23.4 Å². The maximum absolute atomic E-state index is 14.0. The van der Waals surface area contributed by atoms with Crippen molar-refractivity contribution in [2.45, 2.75) is 26.2 Å². The summed E-state index contributed by atoms with van der Waals surface area (Å²) in [6.45, 7) is 2.23. The normalized spacial score (nSPS) is 16.0. The summed E-state index contributed by atoms with van der Waals surface area (Å²) in [7, 11) is 0. The van der Waals surface area contributed by atoms with Crippen LogP contribution in [0.25, 0.3) is 0 Å². The van der Waals surface area contributed by atoms with Gasteiger partial charge in [-0.05, 0) is 42.3 Å². The van der Waals surface area contributed by atoms with Gasteiger partial charge in [0.1, 0.15) is 17.7 Å². The lowest BCUT2D eigenvalue weighted by molar-refractivity contribution is -0.00174. The van der Waals surface area contributed by atoms with Crippen LogP contribution in [-0.2, 0) is 17.9 Å². The molecule has 0 saturated heterocycles. The van der Waals surface area contributed by atoms with Crippen molar-refractivity contribution in [3.05, 3.63) is 76.6 Å². The Labute approximate surface area is 153 Å². The Morgan fingerprint density at radius 2 is 2.00 bits per heavy atom. The predicted molar refractivity (Wildman–Crippen MR) is 93.0 cm³/mol. The predicted octanol–water partition coefficient (Wildman–Crippen LogP) is 3.39. The number of nitrogens with one attached hydrogen (secondary N) is 1.